The number of carbonyl (C=O) groups excluding carboxylic acids is 1. The van der Waals surface area contributed by atoms with Crippen molar-refractivity contribution in [1.29, 1.82) is 0 Å². The molecule has 3 rings (SSSR count). The molecule has 0 spiro atoms. The predicted molar refractivity (Wildman–Crippen MR) is 113 cm³/mol. The predicted octanol–water partition coefficient (Wildman–Crippen LogP) is 5.23. The van der Waals surface area contributed by atoms with Gasteiger partial charge in [-0.15, -0.1) is 0 Å². The first kappa shape index (κ1) is 22.8. The van der Waals surface area contributed by atoms with Crippen molar-refractivity contribution in [3.8, 4) is 0 Å². The number of hydrogen-bond acceptors (Lipinski definition) is 4. The molecular formula is C22H20ClF3N2O3. The van der Waals surface area contributed by atoms with Gasteiger partial charge in [-0.3, -0.25) is 9.69 Å². The van der Waals surface area contributed by atoms with Crippen LogP contribution in [-0.2, 0) is 17.5 Å². The number of carbonyl (C=O) groups is 1. The smallest absolute Gasteiger partial charge is 0.418 e. The van der Waals surface area contributed by atoms with E-state index in [4.69, 9.17) is 16.0 Å². The zero-order chi connectivity index (χ0) is 22.8. The minimum atomic E-state index is -4.58. The van der Waals surface area contributed by atoms with E-state index in [1.807, 2.05) is 6.92 Å². The van der Waals surface area contributed by atoms with Crippen LogP contribution in [0.15, 0.2) is 51.7 Å². The number of halogens is 4. The summed E-state index contributed by atoms with van der Waals surface area (Å²) in [7, 11) is 0. The molecular weight excluding hydrogens is 433 g/mol. The summed E-state index contributed by atoms with van der Waals surface area (Å²) >= 11 is 6.21. The van der Waals surface area contributed by atoms with Crippen LogP contribution in [0, 0.1) is 6.92 Å². The molecule has 0 aliphatic heterocycles. The maximum absolute atomic E-state index is 13.2. The average molecular weight is 453 g/mol. The Morgan fingerprint density at radius 2 is 1.90 bits per heavy atom. The second kappa shape index (κ2) is 9.11. The third-order valence-corrected chi connectivity index (χ3v) is 5.23. The van der Waals surface area contributed by atoms with E-state index in [0.717, 1.165) is 11.6 Å². The van der Waals surface area contributed by atoms with Gasteiger partial charge in [0, 0.05) is 23.0 Å². The Morgan fingerprint density at radius 3 is 2.58 bits per heavy atom. The van der Waals surface area contributed by atoms with Gasteiger partial charge in [0.05, 0.1) is 17.8 Å². The molecule has 0 fully saturated rings. The molecule has 0 saturated carbocycles. The van der Waals surface area contributed by atoms with Gasteiger partial charge in [-0.05, 0) is 48.9 Å². The van der Waals surface area contributed by atoms with Crippen LogP contribution in [0.25, 0.3) is 11.0 Å². The number of nitrogens with zero attached hydrogens (tertiary/aromatic N) is 1. The Balaban J connectivity index is 1.81. The van der Waals surface area contributed by atoms with Crippen molar-refractivity contribution >= 4 is 34.2 Å². The number of anilines is 1. The van der Waals surface area contributed by atoms with Gasteiger partial charge in [0.15, 0.2) is 0 Å². The molecule has 31 heavy (non-hydrogen) atoms. The van der Waals surface area contributed by atoms with Crippen molar-refractivity contribution < 1.29 is 22.4 Å². The first-order valence-electron chi connectivity index (χ1n) is 9.49. The number of rotatable bonds is 6. The van der Waals surface area contributed by atoms with Gasteiger partial charge in [-0.1, -0.05) is 30.7 Å². The number of benzene rings is 2. The molecule has 1 aromatic heterocycles. The molecule has 0 bridgehead atoms. The first-order valence-corrected chi connectivity index (χ1v) is 9.87. The lowest BCUT2D eigenvalue weighted by atomic mass is 10.1. The van der Waals surface area contributed by atoms with Gasteiger partial charge in [0.25, 0.3) is 0 Å². The van der Waals surface area contributed by atoms with Crippen LogP contribution in [0.2, 0.25) is 5.02 Å². The fourth-order valence-electron chi connectivity index (χ4n) is 3.23. The lowest BCUT2D eigenvalue weighted by Gasteiger charge is -2.21. The maximum Gasteiger partial charge on any atom is 0.418 e. The first-order chi connectivity index (χ1) is 14.6. The van der Waals surface area contributed by atoms with Gasteiger partial charge < -0.3 is 9.73 Å². The summed E-state index contributed by atoms with van der Waals surface area (Å²) in [5.41, 5.74) is -0.0111. The molecule has 5 nitrogen and oxygen atoms in total. The third kappa shape index (κ3) is 5.45. The van der Waals surface area contributed by atoms with Crippen LogP contribution in [-0.4, -0.2) is 23.9 Å². The standard InChI is InChI=1S/C22H20ClF3N2O3/c1-3-28(12-20(29)27-18-7-5-4-6-16(18)22(24,25)26)11-14-9-21(30)31-19-8-13(2)17(23)10-15(14)19/h4-10H,3,11-12H2,1-2H3,(H,27,29). The molecule has 0 aliphatic rings. The zero-order valence-corrected chi connectivity index (χ0v) is 17.6. The highest BCUT2D eigenvalue weighted by Crippen LogP contribution is 2.34. The SMILES string of the molecule is CCN(CC(=O)Nc1ccccc1C(F)(F)F)Cc1cc(=O)oc2cc(C)c(Cl)cc12. The lowest BCUT2D eigenvalue weighted by molar-refractivity contribution is -0.137. The van der Waals surface area contributed by atoms with Crippen molar-refractivity contribution in [3.63, 3.8) is 0 Å². The third-order valence-electron chi connectivity index (χ3n) is 4.82. The van der Waals surface area contributed by atoms with E-state index in [1.54, 1.807) is 24.0 Å². The van der Waals surface area contributed by atoms with E-state index in [2.05, 4.69) is 5.32 Å². The molecule has 1 amide bonds. The van der Waals surface area contributed by atoms with Crippen LogP contribution >= 0.6 is 11.6 Å². The van der Waals surface area contributed by atoms with Crippen molar-refractivity contribution in [3.05, 3.63) is 74.6 Å². The van der Waals surface area contributed by atoms with Crippen molar-refractivity contribution in [1.82, 2.24) is 4.90 Å². The van der Waals surface area contributed by atoms with Gasteiger partial charge in [-0.2, -0.15) is 13.2 Å². The molecule has 1 N–H and O–H groups in total. The molecule has 0 aliphatic carbocycles. The van der Waals surface area contributed by atoms with Gasteiger partial charge in [0.2, 0.25) is 5.91 Å². The molecule has 0 radical (unpaired) electrons. The highest BCUT2D eigenvalue weighted by atomic mass is 35.5. The Labute approximate surface area is 181 Å². The number of nitrogens with one attached hydrogen (secondary N) is 1. The van der Waals surface area contributed by atoms with Crippen LogP contribution in [0.4, 0.5) is 18.9 Å². The van der Waals surface area contributed by atoms with E-state index < -0.39 is 23.3 Å². The van der Waals surface area contributed by atoms with Gasteiger partial charge >= 0.3 is 11.8 Å². The summed E-state index contributed by atoms with van der Waals surface area (Å²) in [6.45, 7) is 4.07. The number of hydrogen-bond donors (Lipinski definition) is 1. The number of aryl methyl sites for hydroxylation is 1. The highest BCUT2D eigenvalue weighted by molar-refractivity contribution is 6.32. The minimum absolute atomic E-state index is 0.163. The number of amides is 1. The second-order valence-corrected chi connectivity index (χ2v) is 7.49. The molecule has 9 heteroatoms. The van der Waals surface area contributed by atoms with Gasteiger partial charge in [-0.25, -0.2) is 4.79 Å². The molecule has 0 unspecified atom stereocenters. The fourth-order valence-corrected chi connectivity index (χ4v) is 3.40. The van der Waals surface area contributed by atoms with Crippen molar-refractivity contribution in [2.24, 2.45) is 0 Å². The Kier molecular flexibility index (Phi) is 6.71. The summed E-state index contributed by atoms with van der Waals surface area (Å²) in [5, 5.41) is 3.47. The molecule has 3 aromatic rings. The van der Waals surface area contributed by atoms with Crippen LogP contribution in [0.1, 0.15) is 23.6 Å². The molecule has 1 heterocycles. The van der Waals surface area contributed by atoms with Crippen LogP contribution in [0.3, 0.4) is 0 Å². The molecule has 0 atom stereocenters. The maximum atomic E-state index is 13.2. The minimum Gasteiger partial charge on any atom is -0.423 e. The number of para-hydroxylation sites is 1. The van der Waals surface area contributed by atoms with E-state index in [0.29, 0.717) is 28.1 Å². The molecule has 0 saturated heterocycles. The normalized spacial score (nSPS) is 11.8. The molecule has 2 aromatic carbocycles. The van der Waals surface area contributed by atoms with Gasteiger partial charge in [0.1, 0.15) is 5.58 Å². The number of fused-ring (bicyclic) bond motifs is 1. The summed E-state index contributed by atoms with van der Waals surface area (Å²) in [5.74, 6) is -0.598. The Bertz CT molecular complexity index is 1170. The van der Waals surface area contributed by atoms with E-state index in [9.17, 15) is 22.8 Å². The van der Waals surface area contributed by atoms with E-state index in [-0.39, 0.29) is 18.8 Å². The monoisotopic (exact) mass is 452 g/mol. The second-order valence-electron chi connectivity index (χ2n) is 7.08. The van der Waals surface area contributed by atoms with Crippen molar-refractivity contribution in [2.45, 2.75) is 26.6 Å². The average Bonchev–Trinajstić information content (AvgIpc) is 2.68. The fraction of sp³-hybridized carbons (Fsp3) is 0.273. The lowest BCUT2D eigenvalue weighted by Crippen LogP contribution is -2.33. The summed E-state index contributed by atoms with van der Waals surface area (Å²) in [4.78, 5) is 26.1. The van der Waals surface area contributed by atoms with E-state index in [1.165, 1.54) is 24.3 Å². The zero-order valence-electron chi connectivity index (χ0n) is 16.8. The van der Waals surface area contributed by atoms with Crippen molar-refractivity contribution in [2.75, 3.05) is 18.4 Å². The summed E-state index contributed by atoms with van der Waals surface area (Å²) in [6.07, 6.45) is -4.58. The molecule has 164 valence electrons. The quantitative estimate of drug-likeness (QED) is 0.520. The van der Waals surface area contributed by atoms with E-state index >= 15 is 0 Å². The highest BCUT2D eigenvalue weighted by Gasteiger charge is 2.33. The van der Waals surface area contributed by atoms with Crippen LogP contribution in [0.5, 0.6) is 0 Å². The number of alkyl halides is 3. The largest absolute Gasteiger partial charge is 0.423 e. The topological polar surface area (TPSA) is 62.6 Å². The summed E-state index contributed by atoms with van der Waals surface area (Å²) < 4.78 is 44.7. The van der Waals surface area contributed by atoms with Crippen LogP contribution < -0.4 is 10.9 Å². The number of likely N-dealkylation sites (N-methyl/N-ethyl adjacent to an activating group) is 1. The Hall–Kier alpha value is -2.84. The summed E-state index contributed by atoms with van der Waals surface area (Å²) in [6, 6.07) is 9.48. The Morgan fingerprint density at radius 1 is 1.19 bits per heavy atom.